The Kier molecular flexibility index (Phi) is 3.50. The molecule has 102 valence electrons. The van der Waals surface area contributed by atoms with E-state index in [0.29, 0.717) is 5.82 Å². The van der Waals surface area contributed by atoms with Crippen LogP contribution in [0.2, 0.25) is 0 Å². The number of hydrogen-bond acceptors (Lipinski definition) is 4. The second kappa shape index (κ2) is 5.09. The van der Waals surface area contributed by atoms with E-state index in [-0.39, 0.29) is 19.0 Å². The maximum absolute atomic E-state index is 11.8. The summed E-state index contributed by atoms with van der Waals surface area (Å²) in [5, 5.41) is 9.09. The molecule has 0 atom stereocenters. The van der Waals surface area contributed by atoms with E-state index in [1.807, 2.05) is 6.92 Å². The Morgan fingerprint density at radius 2 is 2.26 bits per heavy atom. The van der Waals surface area contributed by atoms with Crippen LogP contribution in [-0.2, 0) is 16.0 Å². The molecule has 1 aromatic heterocycles. The second-order valence-corrected chi connectivity index (χ2v) is 4.29. The van der Waals surface area contributed by atoms with Crippen molar-refractivity contribution in [3.8, 4) is 0 Å². The number of aromatic nitrogens is 2. The smallest absolute Gasteiger partial charge is 0.318 e. The van der Waals surface area contributed by atoms with Gasteiger partial charge < -0.3 is 10.2 Å². The number of nitrogens with one attached hydrogen (secondary N) is 2. The van der Waals surface area contributed by atoms with Crippen molar-refractivity contribution >= 4 is 23.7 Å². The first kappa shape index (κ1) is 13.1. The van der Waals surface area contributed by atoms with Gasteiger partial charge in [-0.2, -0.15) is 5.10 Å². The third-order valence-electron chi connectivity index (χ3n) is 2.90. The van der Waals surface area contributed by atoms with Crippen LogP contribution >= 0.6 is 0 Å². The van der Waals surface area contributed by atoms with Gasteiger partial charge in [0.15, 0.2) is 0 Å². The number of rotatable bonds is 4. The van der Waals surface area contributed by atoms with E-state index in [2.05, 4.69) is 15.5 Å². The van der Waals surface area contributed by atoms with Gasteiger partial charge in [-0.3, -0.25) is 19.6 Å². The van der Waals surface area contributed by atoms with Gasteiger partial charge in [0.05, 0.1) is 6.20 Å². The Morgan fingerprint density at radius 1 is 1.53 bits per heavy atom. The predicted octanol–water partition coefficient (Wildman–Crippen LogP) is -0.195. The van der Waals surface area contributed by atoms with Gasteiger partial charge >= 0.3 is 6.03 Å². The first-order chi connectivity index (χ1) is 9.02. The summed E-state index contributed by atoms with van der Waals surface area (Å²) in [5.74, 6) is -0.307. The Bertz CT molecular complexity index is 524. The molecule has 19 heavy (non-hydrogen) atoms. The second-order valence-electron chi connectivity index (χ2n) is 4.29. The van der Waals surface area contributed by atoms with E-state index < -0.39 is 11.9 Å². The zero-order valence-corrected chi connectivity index (χ0v) is 10.8. The van der Waals surface area contributed by atoms with Gasteiger partial charge in [0.2, 0.25) is 5.91 Å². The van der Waals surface area contributed by atoms with Gasteiger partial charge in [-0.05, 0) is 6.42 Å². The van der Waals surface area contributed by atoms with E-state index in [4.69, 9.17) is 0 Å². The van der Waals surface area contributed by atoms with Crippen LogP contribution in [0.3, 0.4) is 0 Å². The lowest BCUT2D eigenvalue weighted by molar-refractivity contribution is -0.129. The van der Waals surface area contributed by atoms with E-state index in [9.17, 15) is 14.4 Å². The standard InChI is InChI=1S/C11H15N5O3/c1-3-7-4-12-14-10(7)13-8(17)5-16-9(18)6-15(2)11(16)19/h4H,3,5-6H2,1-2H3,(H2,12,13,14,17). The third-order valence-corrected chi connectivity index (χ3v) is 2.90. The Labute approximate surface area is 109 Å². The number of likely N-dealkylation sites (N-methyl/N-ethyl adjacent to an activating group) is 1. The molecule has 1 aliphatic heterocycles. The lowest BCUT2D eigenvalue weighted by Crippen LogP contribution is -2.38. The highest BCUT2D eigenvalue weighted by Crippen LogP contribution is 2.12. The first-order valence-electron chi connectivity index (χ1n) is 5.90. The van der Waals surface area contributed by atoms with Crippen LogP contribution in [0, 0.1) is 0 Å². The molecule has 0 bridgehead atoms. The molecule has 0 aromatic carbocycles. The van der Waals surface area contributed by atoms with Crippen LogP contribution in [-0.4, -0.2) is 58.0 Å². The normalized spacial score (nSPS) is 15.3. The van der Waals surface area contributed by atoms with Gasteiger partial charge in [-0.25, -0.2) is 4.79 Å². The molecule has 1 fully saturated rings. The number of amides is 4. The van der Waals surface area contributed by atoms with Crippen molar-refractivity contribution < 1.29 is 14.4 Å². The molecule has 0 radical (unpaired) electrons. The topological polar surface area (TPSA) is 98.4 Å². The number of aryl methyl sites for hydroxylation is 1. The number of nitrogens with zero attached hydrogens (tertiary/aromatic N) is 3. The summed E-state index contributed by atoms with van der Waals surface area (Å²) in [6.07, 6.45) is 2.34. The third kappa shape index (κ3) is 2.56. The number of carbonyl (C=O) groups excluding carboxylic acids is 3. The van der Waals surface area contributed by atoms with Crippen molar-refractivity contribution in [2.75, 3.05) is 25.5 Å². The van der Waals surface area contributed by atoms with Crippen LogP contribution in [0.15, 0.2) is 6.20 Å². The number of imide groups is 1. The molecule has 8 heteroatoms. The van der Waals surface area contributed by atoms with Crippen molar-refractivity contribution in [1.82, 2.24) is 20.0 Å². The van der Waals surface area contributed by atoms with E-state index in [0.717, 1.165) is 16.9 Å². The highest BCUT2D eigenvalue weighted by molar-refractivity contribution is 6.06. The fourth-order valence-electron chi connectivity index (χ4n) is 1.83. The lowest BCUT2D eigenvalue weighted by Gasteiger charge is -2.13. The molecule has 1 aromatic rings. The van der Waals surface area contributed by atoms with E-state index >= 15 is 0 Å². The molecule has 0 spiro atoms. The number of carbonyl (C=O) groups is 3. The average molecular weight is 265 g/mol. The predicted molar refractivity (Wildman–Crippen MR) is 66.3 cm³/mol. The largest absolute Gasteiger partial charge is 0.327 e. The number of hydrogen-bond donors (Lipinski definition) is 2. The molecule has 1 aliphatic rings. The molecule has 1 saturated heterocycles. The summed E-state index contributed by atoms with van der Waals surface area (Å²) in [4.78, 5) is 37.1. The molecule has 0 unspecified atom stereocenters. The fourth-order valence-corrected chi connectivity index (χ4v) is 1.83. The maximum Gasteiger partial charge on any atom is 0.327 e. The molecule has 2 N–H and O–H groups in total. The summed E-state index contributed by atoms with van der Waals surface area (Å²) in [6, 6.07) is -0.458. The minimum Gasteiger partial charge on any atom is -0.318 e. The van der Waals surface area contributed by atoms with Crippen molar-refractivity contribution in [1.29, 1.82) is 0 Å². The molecule has 8 nitrogen and oxygen atoms in total. The number of urea groups is 1. The summed E-state index contributed by atoms with van der Waals surface area (Å²) < 4.78 is 0. The summed E-state index contributed by atoms with van der Waals surface area (Å²) in [6.45, 7) is 1.66. The average Bonchev–Trinajstić information content (AvgIpc) is 2.89. The molecular weight excluding hydrogens is 250 g/mol. The minimum absolute atomic E-state index is 0.0103. The van der Waals surface area contributed by atoms with Crippen LogP contribution < -0.4 is 5.32 Å². The van der Waals surface area contributed by atoms with Crippen LogP contribution in [0.5, 0.6) is 0 Å². The van der Waals surface area contributed by atoms with Crippen molar-refractivity contribution in [2.45, 2.75) is 13.3 Å². The minimum atomic E-state index is -0.458. The molecule has 2 heterocycles. The fraction of sp³-hybridized carbons (Fsp3) is 0.455. The molecular formula is C11H15N5O3. The monoisotopic (exact) mass is 265 g/mol. The molecule has 2 rings (SSSR count). The highest BCUT2D eigenvalue weighted by atomic mass is 16.2. The van der Waals surface area contributed by atoms with Crippen molar-refractivity contribution in [2.24, 2.45) is 0 Å². The van der Waals surface area contributed by atoms with Gasteiger partial charge in [0.25, 0.3) is 5.91 Å². The quantitative estimate of drug-likeness (QED) is 0.737. The Hall–Kier alpha value is -2.38. The van der Waals surface area contributed by atoms with Gasteiger partial charge in [0, 0.05) is 12.6 Å². The van der Waals surface area contributed by atoms with Crippen LogP contribution in [0.4, 0.5) is 10.6 Å². The molecule has 0 aliphatic carbocycles. The van der Waals surface area contributed by atoms with E-state index in [1.54, 1.807) is 6.20 Å². The van der Waals surface area contributed by atoms with Crippen LogP contribution in [0.25, 0.3) is 0 Å². The molecule has 4 amide bonds. The number of aromatic amines is 1. The first-order valence-corrected chi connectivity index (χ1v) is 5.90. The lowest BCUT2D eigenvalue weighted by atomic mass is 10.2. The van der Waals surface area contributed by atoms with Crippen molar-refractivity contribution in [3.63, 3.8) is 0 Å². The Balaban J connectivity index is 1.99. The van der Waals surface area contributed by atoms with E-state index in [1.165, 1.54) is 11.9 Å². The number of H-pyrrole nitrogens is 1. The SMILES string of the molecule is CCc1cn[nH]c1NC(=O)CN1C(=O)CN(C)C1=O. The van der Waals surface area contributed by atoms with Crippen LogP contribution in [0.1, 0.15) is 12.5 Å². The maximum atomic E-state index is 11.8. The number of anilines is 1. The summed E-state index contributed by atoms with van der Waals surface area (Å²) >= 11 is 0. The summed E-state index contributed by atoms with van der Waals surface area (Å²) in [7, 11) is 1.52. The highest BCUT2D eigenvalue weighted by Gasteiger charge is 2.34. The van der Waals surface area contributed by atoms with Gasteiger partial charge in [-0.1, -0.05) is 6.92 Å². The van der Waals surface area contributed by atoms with Gasteiger partial charge in [-0.15, -0.1) is 0 Å². The van der Waals surface area contributed by atoms with Crippen molar-refractivity contribution in [3.05, 3.63) is 11.8 Å². The molecule has 0 saturated carbocycles. The zero-order valence-electron chi connectivity index (χ0n) is 10.8. The summed E-state index contributed by atoms with van der Waals surface area (Å²) in [5.41, 5.74) is 0.865. The van der Waals surface area contributed by atoms with Gasteiger partial charge in [0.1, 0.15) is 18.9 Å². The zero-order chi connectivity index (χ0) is 14.0. The Morgan fingerprint density at radius 3 is 2.84 bits per heavy atom.